The molecule has 0 spiro atoms. The summed E-state index contributed by atoms with van der Waals surface area (Å²) in [6.45, 7) is 7.26. The molecule has 1 aliphatic carbocycles. The minimum atomic E-state index is 0.811. The van der Waals surface area contributed by atoms with Crippen LogP contribution in [0.5, 0.6) is 0 Å². The summed E-state index contributed by atoms with van der Waals surface area (Å²) in [4.78, 5) is 18.2. The Morgan fingerprint density at radius 2 is 1.87 bits per heavy atom. The highest BCUT2D eigenvalue weighted by atomic mass is 32.2. The van der Waals surface area contributed by atoms with E-state index in [0.29, 0.717) is 0 Å². The number of piperazine rings is 1. The maximum atomic E-state index is 4.84. The molecule has 1 saturated heterocycles. The van der Waals surface area contributed by atoms with E-state index in [-0.39, 0.29) is 0 Å². The first kappa shape index (κ1) is 19.7. The summed E-state index contributed by atoms with van der Waals surface area (Å²) in [5.41, 5.74) is 2.29. The number of benzene rings is 1. The molecule has 2 unspecified atom stereocenters. The van der Waals surface area contributed by atoms with Gasteiger partial charge in [-0.1, -0.05) is 23.8 Å². The predicted molar refractivity (Wildman–Crippen MR) is 127 cm³/mol. The van der Waals surface area contributed by atoms with E-state index in [0.717, 1.165) is 67.2 Å². The van der Waals surface area contributed by atoms with E-state index in [1.807, 2.05) is 25.1 Å². The molecule has 30 heavy (non-hydrogen) atoms. The molecule has 3 aliphatic rings. The lowest BCUT2D eigenvalue weighted by Gasteiger charge is -2.35. The zero-order chi connectivity index (χ0) is 20.7. The number of nitrogens with one attached hydrogen (secondary N) is 1. The standard InChI is InChI=1S/C23H30N6S/c1-16-4-6-18(7-5-16)24-21-14-22(27(2)3)26-23(25-21)29-10-8-28(9-11-29)15-19-12-17-13-20(17)30-19/h4-7,12,14,17,20H,8-11,13,15H2,1-3H3,(H,24,25,26). The van der Waals surface area contributed by atoms with Gasteiger partial charge in [0, 0.05) is 63.8 Å². The number of thioether (sulfide) groups is 1. The first-order valence-electron chi connectivity index (χ1n) is 10.8. The summed E-state index contributed by atoms with van der Waals surface area (Å²) in [6, 6.07) is 10.4. The zero-order valence-electron chi connectivity index (χ0n) is 18.0. The number of nitrogens with zero attached hydrogens (tertiary/aromatic N) is 5. The van der Waals surface area contributed by atoms with Crippen molar-refractivity contribution in [2.24, 2.45) is 5.92 Å². The lowest BCUT2D eigenvalue weighted by molar-refractivity contribution is 0.281. The van der Waals surface area contributed by atoms with Gasteiger partial charge in [-0.05, 0) is 36.3 Å². The molecule has 0 amide bonds. The Balaban J connectivity index is 1.26. The van der Waals surface area contributed by atoms with Crippen LogP contribution in [0.3, 0.4) is 0 Å². The van der Waals surface area contributed by atoms with E-state index in [1.165, 1.54) is 12.0 Å². The van der Waals surface area contributed by atoms with Gasteiger partial charge in [0.15, 0.2) is 0 Å². The largest absolute Gasteiger partial charge is 0.363 e. The van der Waals surface area contributed by atoms with Crippen molar-refractivity contribution >= 4 is 35.0 Å². The van der Waals surface area contributed by atoms with Crippen LogP contribution in [0.15, 0.2) is 41.3 Å². The molecule has 3 heterocycles. The van der Waals surface area contributed by atoms with Crippen molar-refractivity contribution in [3.8, 4) is 0 Å². The number of aromatic nitrogens is 2. The van der Waals surface area contributed by atoms with Gasteiger partial charge in [-0.3, -0.25) is 4.90 Å². The van der Waals surface area contributed by atoms with E-state index in [4.69, 9.17) is 9.97 Å². The van der Waals surface area contributed by atoms with Crippen molar-refractivity contribution in [3.63, 3.8) is 0 Å². The van der Waals surface area contributed by atoms with E-state index < -0.39 is 0 Å². The van der Waals surface area contributed by atoms with Gasteiger partial charge in [0.05, 0.1) is 0 Å². The van der Waals surface area contributed by atoms with Crippen LogP contribution in [0.25, 0.3) is 0 Å². The smallest absolute Gasteiger partial charge is 0.229 e. The average Bonchev–Trinajstić information content (AvgIpc) is 3.36. The molecule has 1 N–H and O–H groups in total. The first-order chi connectivity index (χ1) is 14.5. The van der Waals surface area contributed by atoms with Gasteiger partial charge in [-0.25, -0.2) is 0 Å². The van der Waals surface area contributed by atoms with Gasteiger partial charge in [-0.15, -0.1) is 11.8 Å². The minimum absolute atomic E-state index is 0.811. The molecule has 1 aromatic heterocycles. The van der Waals surface area contributed by atoms with Crippen LogP contribution in [-0.2, 0) is 0 Å². The molecule has 6 nitrogen and oxygen atoms in total. The molecule has 158 valence electrons. The third kappa shape index (κ3) is 4.42. The molecule has 1 aromatic carbocycles. The summed E-state index contributed by atoms with van der Waals surface area (Å²) in [5.74, 6) is 3.45. The Morgan fingerprint density at radius 3 is 2.53 bits per heavy atom. The summed E-state index contributed by atoms with van der Waals surface area (Å²) >= 11 is 2.11. The van der Waals surface area contributed by atoms with Crippen molar-refractivity contribution in [3.05, 3.63) is 46.9 Å². The third-order valence-corrected chi connectivity index (χ3v) is 7.41. The van der Waals surface area contributed by atoms with Crippen molar-refractivity contribution in [1.82, 2.24) is 14.9 Å². The first-order valence-corrected chi connectivity index (χ1v) is 11.7. The Morgan fingerprint density at radius 1 is 1.10 bits per heavy atom. The van der Waals surface area contributed by atoms with Crippen LogP contribution < -0.4 is 15.1 Å². The summed E-state index contributed by atoms with van der Waals surface area (Å²) < 4.78 is 0. The maximum absolute atomic E-state index is 4.84. The van der Waals surface area contributed by atoms with Crippen molar-refractivity contribution in [1.29, 1.82) is 0 Å². The molecule has 2 atom stereocenters. The molecular weight excluding hydrogens is 392 g/mol. The second-order valence-electron chi connectivity index (χ2n) is 8.75. The van der Waals surface area contributed by atoms with Gasteiger partial charge < -0.3 is 15.1 Å². The summed E-state index contributed by atoms with van der Waals surface area (Å²) in [5, 5.41) is 4.35. The second-order valence-corrected chi connectivity index (χ2v) is 10.1. The molecule has 7 heteroatoms. The van der Waals surface area contributed by atoms with Gasteiger partial charge in [0.2, 0.25) is 5.95 Å². The molecule has 0 radical (unpaired) electrons. The third-order valence-electron chi connectivity index (χ3n) is 6.00. The van der Waals surface area contributed by atoms with Crippen molar-refractivity contribution in [2.45, 2.75) is 18.6 Å². The SMILES string of the molecule is Cc1ccc(Nc2cc(N(C)C)nc(N3CCN(CC4=CC5CC5S4)CC3)n2)cc1. The van der Waals surface area contributed by atoms with E-state index in [2.05, 4.69) is 64.1 Å². The molecule has 5 rings (SSSR count). The number of hydrogen-bond acceptors (Lipinski definition) is 7. The molecule has 2 fully saturated rings. The normalized spacial score (nSPS) is 23.2. The van der Waals surface area contributed by atoms with E-state index >= 15 is 0 Å². The lowest BCUT2D eigenvalue weighted by Crippen LogP contribution is -2.47. The van der Waals surface area contributed by atoms with Crippen LogP contribution in [0.1, 0.15) is 12.0 Å². The van der Waals surface area contributed by atoms with Crippen LogP contribution in [-0.4, -0.2) is 66.9 Å². The van der Waals surface area contributed by atoms with Crippen LogP contribution in [0.4, 0.5) is 23.3 Å². The Kier molecular flexibility index (Phi) is 5.33. The summed E-state index contributed by atoms with van der Waals surface area (Å²) in [7, 11) is 4.05. The highest BCUT2D eigenvalue weighted by Gasteiger charge is 2.41. The minimum Gasteiger partial charge on any atom is -0.363 e. The predicted octanol–water partition coefficient (Wildman–Crippen LogP) is 3.74. The van der Waals surface area contributed by atoms with Gasteiger partial charge in [-0.2, -0.15) is 9.97 Å². The Labute approximate surface area is 183 Å². The number of allylic oxidation sites excluding steroid dienone is 1. The fourth-order valence-electron chi connectivity index (χ4n) is 4.03. The van der Waals surface area contributed by atoms with E-state index in [9.17, 15) is 0 Å². The quantitative estimate of drug-likeness (QED) is 0.761. The molecule has 1 saturated carbocycles. The number of anilines is 4. The number of rotatable bonds is 6. The zero-order valence-corrected chi connectivity index (χ0v) is 18.8. The van der Waals surface area contributed by atoms with Crippen LogP contribution in [0, 0.1) is 12.8 Å². The van der Waals surface area contributed by atoms with Crippen molar-refractivity contribution in [2.75, 3.05) is 61.9 Å². The van der Waals surface area contributed by atoms with Crippen molar-refractivity contribution < 1.29 is 0 Å². The number of hydrogen-bond donors (Lipinski definition) is 1. The lowest BCUT2D eigenvalue weighted by atomic mass is 10.2. The van der Waals surface area contributed by atoms with Gasteiger partial charge in [0.1, 0.15) is 11.6 Å². The molecular formula is C23H30N6S. The monoisotopic (exact) mass is 422 g/mol. The molecule has 2 aliphatic heterocycles. The second kappa shape index (κ2) is 8.12. The van der Waals surface area contributed by atoms with Gasteiger partial charge >= 0.3 is 0 Å². The highest BCUT2D eigenvalue weighted by molar-refractivity contribution is 8.04. The average molecular weight is 423 g/mol. The molecule has 0 bridgehead atoms. The number of aryl methyl sites for hydroxylation is 1. The van der Waals surface area contributed by atoms with E-state index in [1.54, 1.807) is 4.91 Å². The Hall–Kier alpha value is -2.25. The number of fused-ring (bicyclic) bond motifs is 1. The Bertz CT molecular complexity index is 933. The maximum Gasteiger partial charge on any atom is 0.229 e. The van der Waals surface area contributed by atoms with Crippen LogP contribution >= 0.6 is 11.8 Å². The van der Waals surface area contributed by atoms with Gasteiger partial charge in [0.25, 0.3) is 0 Å². The topological polar surface area (TPSA) is 47.5 Å². The summed E-state index contributed by atoms with van der Waals surface area (Å²) in [6.07, 6.45) is 3.91. The highest BCUT2D eigenvalue weighted by Crippen LogP contribution is 2.52. The fraction of sp³-hybridized carbons (Fsp3) is 0.478. The fourth-order valence-corrected chi connectivity index (χ4v) is 5.50. The van der Waals surface area contributed by atoms with Crippen LogP contribution in [0.2, 0.25) is 0 Å². The molecule has 2 aromatic rings.